The quantitative estimate of drug-likeness (QED) is 0.537. The van der Waals surface area contributed by atoms with Gasteiger partial charge in [0.15, 0.2) is 0 Å². The highest BCUT2D eigenvalue weighted by Gasteiger charge is 2.08. The average molecular weight is 379 g/mol. The van der Waals surface area contributed by atoms with Gasteiger partial charge in [-0.25, -0.2) is 4.68 Å². The van der Waals surface area contributed by atoms with Crippen LogP contribution in [0.1, 0.15) is 11.5 Å². The molecular formula is C20H15ClN4O2. The van der Waals surface area contributed by atoms with Gasteiger partial charge in [0, 0.05) is 29.1 Å². The Labute approximate surface area is 160 Å². The summed E-state index contributed by atoms with van der Waals surface area (Å²) < 4.78 is 6.46. The third kappa shape index (κ3) is 3.80. The Morgan fingerprint density at radius 1 is 1.04 bits per heavy atom. The normalized spacial score (nSPS) is 10.9. The summed E-state index contributed by atoms with van der Waals surface area (Å²) in [6, 6.07) is 18.2. The molecule has 4 aromatic rings. The third-order valence-corrected chi connectivity index (χ3v) is 4.27. The van der Waals surface area contributed by atoms with E-state index in [4.69, 9.17) is 16.1 Å². The molecule has 0 amide bonds. The zero-order valence-corrected chi connectivity index (χ0v) is 15.2. The fourth-order valence-corrected chi connectivity index (χ4v) is 2.95. The van der Waals surface area contributed by atoms with E-state index in [9.17, 15) is 4.79 Å². The van der Waals surface area contributed by atoms with E-state index in [-0.39, 0.29) is 5.56 Å². The van der Waals surface area contributed by atoms with E-state index in [2.05, 4.69) is 15.2 Å². The molecule has 4 rings (SSSR count). The smallest absolute Gasteiger partial charge is 0.267 e. The summed E-state index contributed by atoms with van der Waals surface area (Å²) in [5.74, 6) is 1.02. The average Bonchev–Trinajstić information content (AvgIpc) is 3.10. The molecule has 134 valence electrons. The highest BCUT2D eigenvalue weighted by atomic mass is 35.5. The second-order valence-electron chi connectivity index (χ2n) is 6.06. The zero-order chi connectivity index (χ0) is 18.8. The Balaban J connectivity index is 1.67. The maximum Gasteiger partial charge on any atom is 0.267 e. The van der Waals surface area contributed by atoms with Crippen molar-refractivity contribution in [2.75, 3.05) is 0 Å². The number of halogens is 1. The van der Waals surface area contributed by atoms with Crippen molar-refractivity contribution < 1.29 is 4.52 Å². The Morgan fingerprint density at radius 3 is 2.63 bits per heavy atom. The molecule has 0 unspecified atom stereocenters. The van der Waals surface area contributed by atoms with Gasteiger partial charge in [-0.2, -0.15) is 10.1 Å². The van der Waals surface area contributed by atoms with Crippen LogP contribution in [0, 0.1) is 6.92 Å². The van der Waals surface area contributed by atoms with Crippen LogP contribution in [0.2, 0.25) is 5.02 Å². The SMILES string of the molecule is Cc1nc(-c2cccc(Cn3nc(-c4cccc(Cl)c4)ccc3=O)c2)no1. The Kier molecular flexibility index (Phi) is 4.56. The van der Waals surface area contributed by atoms with E-state index in [0.717, 1.165) is 16.7 Å². The lowest BCUT2D eigenvalue weighted by molar-refractivity contribution is 0.394. The van der Waals surface area contributed by atoms with Gasteiger partial charge in [0.05, 0.1) is 12.2 Å². The number of nitrogens with zero attached hydrogens (tertiary/aromatic N) is 4. The molecule has 0 saturated carbocycles. The first-order chi connectivity index (χ1) is 13.1. The Bertz CT molecular complexity index is 1170. The van der Waals surface area contributed by atoms with Crippen LogP contribution in [0.3, 0.4) is 0 Å². The van der Waals surface area contributed by atoms with Gasteiger partial charge in [-0.15, -0.1) is 0 Å². The maximum absolute atomic E-state index is 12.3. The lowest BCUT2D eigenvalue weighted by Crippen LogP contribution is -2.22. The molecule has 0 atom stereocenters. The number of hydrogen-bond donors (Lipinski definition) is 0. The molecular weight excluding hydrogens is 364 g/mol. The minimum absolute atomic E-state index is 0.179. The molecule has 0 aliphatic carbocycles. The Morgan fingerprint density at radius 2 is 1.85 bits per heavy atom. The highest BCUT2D eigenvalue weighted by Crippen LogP contribution is 2.20. The lowest BCUT2D eigenvalue weighted by Gasteiger charge is -2.08. The van der Waals surface area contributed by atoms with Gasteiger partial charge in [0.1, 0.15) is 0 Å². The van der Waals surface area contributed by atoms with Crippen molar-refractivity contribution in [3.8, 4) is 22.6 Å². The van der Waals surface area contributed by atoms with Crippen LogP contribution in [-0.2, 0) is 6.54 Å². The van der Waals surface area contributed by atoms with E-state index in [1.165, 1.54) is 10.7 Å². The fraction of sp³-hybridized carbons (Fsp3) is 0.100. The molecule has 2 aromatic carbocycles. The molecule has 0 aliphatic heterocycles. The summed E-state index contributed by atoms with van der Waals surface area (Å²) in [6.07, 6.45) is 0. The van der Waals surface area contributed by atoms with E-state index >= 15 is 0 Å². The molecule has 0 fully saturated rings. The van der Waals surface area contributed by atoms with Gasteiger partial charge in [0.25, 0.3) is 5.56 Å². The van der Waals surface area contributed by atoms with Crippen LogP contribution in [0.4, 0.5) is 0 Å². The van der Waals surface area contributed by atoms with Crippen LogP contribution < -0.4 is 5.56 Å². The highest BCUT2D eigenvalue weighted by molar-refractivity contribution is 6.30. The predicted molar refractivity (Wildman–Crippen MR) is 103 cm³/mol. The first kappa shape index (κ1) is 17.2. The van der Waals surface area contributed by atoms with E-state index < -0.39 is 0 Å². The van der Waals surface area contributed by atoms with Gasteiger partial charge >= 0.3 is 0 Å². The number of hydrogen-bond acceptors (Lipinski definition) is 5. The van der Waals surface area contributed by atoms with E-state index in [1.807, 2.05) is 42.5 Å². The molecule has 2 aromatic heterocycles. The van der Waals surface area contributed by atoms with Crippen LogP contribution in [-0.4, -0.2) is 19.9 Å². The summed E-state index contributed by atoms with van der Waals surface area (Å²) >= 11 is 6.06. The second-order valence-corrected chi connectivity index (χ2v) is 6.50. The molecule has 0 N–H and O–H groups in total. The minimum atomic E-state index is -0.179. The molecule has 2 heterocycles. The standard InChI is InChI=1S/C20H15ClN4O2/c1-13-22-20(24-27-13)16-6-2-4-14(10-16)12-25-19(26)9-8-18(23-25)15-5-3-7-17(21)11-15/h2-11H,12H2,1H3. The zero-order valence-electron chi connectivity index (χ0n) is 14.5. The van der Waals surface area contributed by atoms with Gasteiger partial charge < -0.3 is 4.52 Å². The van der Waals surface area contributed by atoms with Crippen LogP contribution in [0.15, 0.2) is 70.0 Å². The number of benzene rings is 2. The molecule has 0 spiro atoms. The molecule has 0 radical (unpaired) electrons. The van der Waals surface area contributed by atoms with Crippen LogP contribution in [0.25, 0.3) is 22.6 Å². The molecule has 6 nitrogen and oxygen atoms in total. The number of rotatable bonds is 4. The van der Waals surface area contributed by atoms with Crippen LogP contribution >= 0.6 is 11.6 Å². The third-order valence-electron chi connectivity index (χ3n) is 4.03. The molecule has 0 bridgehead atoms. The van der Waals surface area contributed by atoms with Crippen molar-refractivity contribution in [3.05, 3.63) is 87.5 Å². The van der Waals surface area contributed by atoms with Crippen molar-refractivity contribution in [2.24, 2.45) is 0 Å². The maximum atomic E-state index is 12.3. The Hall–Kier alpha value is -3.25. The summed E-state index contributed by atoms with van der Waals surface area (Å²) in [5.41, 5.74) is 3.09. The van der Waals surface area contributed by atoms with Crippen molar-refractivity contribution in [1.29, 1.82) is 0 Å². The van der Waals surface area contributed by atoms with Gasteiger partial charge in [-0.3, -0.25) is 4.79 Å². The fourth-order valence-electron chi connectivity index (χ4n) is 2.76. The molecule has 7 heteroatoms. The number of aryl methyl sites for hydroxylation is 1. The largest absolute Gasteiger partial charge is 0.339 e. The number of aromatic nitrogens is 4. The van der Waals surface area contributed by atoms with Crippen molar-refractivity contribution in [3.63, 3.8) is 0 Å². The van der Waals surface area contributed by atoms with Crippen molar-refractivity contribution >= 4 is 11.6 Å². The minimum Gasteiger partial charge on any atom is -0.339 e. The summed E-state index contributed by atoms with van der Waals surface area (Å²) in [5, 5.41) is 9.03. The first-order valence-electron chi connectivity index (χ1n) is 8.32. The lowest BCUT2D eigenvalue weighted by atomic mass is 10.1. The van der Waals surface area contributed by atoms with Gasteiger partial charge in [0.2, 0.25) is 11.7 Å². The van der Waals surface area contributed by atoms with Gasteiger partial charge in [-0.05, 0) is 29.8 Å². The van der Waals surface area contributed by atoms with Crippen molar-refractivity contribution in [1.82, 2.24) is 19.9 Å². The monoisotopic (exact) mass is 378 g/mol. The molecule has 27 heavy (non-hydrogen) atoms. The van der Waals surface area contributed by atoms with Crippen molar-refractivity contribution in [2.45, 2.75) is 13.5 Å². The predicted octanol–water partition coefficient (Wildman–Crippen LogP) is 3.97. The molecule has 0 saturated heterocycles. The van der Waals surface area contributed by atoms with E-state index in [0.29, 0.717) is 29.0 Å². The molecule has 0 aliphatic rings. The second kappa shape index (κ2) is 7.17. The summed E-state index contributed by atoms with van der Waals surface area (Å²) in [4.78, 5) is 16.5. The topological polar surface area (TPSA) is 73.8 Å². The first-order valence-corrected chi connectivity index (χ1v) is 8.70. The summed E-state index contributed by atoms with van der Waals surface area (Å²) in [7, 11) is 0. The summed E-state index contributed by atoms with van der Waals surface area (Å²) in [6.45, 7) is 2.07. The van der Waals surface area contributed by atoms with Gasteiger partial charge in [-0.1, -0.05) is 47.1 Å². The van der Waals surface area contributed by atoms with Crippen LogP contribution in [0.5, 0.6) is 0 Å². The van der Waals surface area contributed by atoms with E-state index in [1.54, 1.807) is 19.1 Å².